The standard InChI is InChI=1S/C21H17FN2O3S/c1-27-15-10-8-14(9-11-15)24-19(25)13-21(24,18-7-4-12-28-18)20(26)23-17-6-3-2-5-16(17)22/h2-12H,13H2,1H3,(H,23,26)/t21-/m1/s1. The first-order valence-electron chi connectivity index (χ1n) is 8.63. The van der Waals surface area contributed by atoms with Gasteiger partial charge in [0.2, 0.25) is 5.91 Å². The lowest BCUT2D eigenvalue weighted by Gasteiger charge is -2.49. The Morgan fingerprint density at radius 2 is 1.89 bits per heavy atom. The van der Waals surface area contributed by atoms with Crippen molar-refractivity contribution in [1.29, 1.82) is 0 Å². The molecule has 1 saturated heterocycles. The Kier molecular flexibility index (Phi) is 4.60. The lowest BCUT2D eigenvalue weighted by Crippen LogP contribution is -2.67. The number of β-lactam (4-membered cyclic amide) rings is 1. The van der Waals surface area contributed by atoms with Crippen molar-refractivity contribution in [3.63, 3.8) is 0 Å². The quantitative estimate of drug-likeness (QED) is 0.659. The summed E-state index contributed by atoms with van der Waals surface area (Å²) in [6.45, 7) is 0. The van der Waals surface area contributed by atoms with Crippen molar-refractivity contribution in [2.24, 2.45) is 0 Å². The highest BCUT2D eigenvalue weighted by Crippen LogP contribution is 2.47. The number of rotatable bonds is 5. The van der Waals surface area contributed by atoms with Gasteiger partial charge in [-0.25, -0.2) is 4.39 Å². The Bertz CT molecular complexity index is 1020. The number of thiophene rings is 1. The predicted octanol–water partition coefficient (Wildman–Crippen LogP) is 4.17. The highest BCUT2D eigenvalue weighted by molar-refractivity contribution is 7.10. The van der Waals surface area contributed by atoms with Crippen LogP contribution < -0.4 is 15.0 Å². The fourth-order valence-corrected chi connectivity index (χ4v) is 4.30. The van der Waals surface area contributed by atoms with Gasteiger partial charge in [-0.3, -0.25) is 14.5 Å². The maximum atomic E-state index is 14.1. The molecule has 28 heavy (non-hydrogen) atoms. The molecule has 1 aromatic heterocycles. The molecular weight excluding hydrogens is 379 g/mol. The molecule has 0 radical (unpaired) electrons. The van der Waals surface area contributed by atoms with E-state index in [1.54, 1.807) is 43.5 Å². The van der Waals surface area contributed by atoms with Crippen molar-refractivity contribution in [1.82, 2.24) is 0 Å². The number of carbonyl (C=O) groups is 2. The lowest BCUT2D eigenvalue weighted by molar-refractivity contribution is -0.137. The van der Waals surface area contributed by atoms with E-state index in [2.05, 4.69) is 5.32 Å². The first kappa shape index (κ1) is 18.2. The molecule has 3 aromatic rings. The van der Waals surface area contributed by atoms with E-state index in [9.17, 15) is 14.0 Å². The summed E-state index contributed by atoms with van der Waals surface area (Å²) in [5.41, 5.74) is -0.561. The Morgan fingerprint density at radius 1 is 1.14 bits per heavy atom. The van der Waals surface area contributed by atoms with Crippen LogP contribution in [0.25, 0.3) is 0 Å². The van der Waals surface area contributed by atoms with E-state index in [-0.39, 0.29) is 18.0 Å². The van der Waals surface area contributed by atoms with E-state index in [1.165, 1.54) is 28.4 Å². The molecule has 4 rings (SSSR count). The Hall–Kier alpha value is -3.19. The molecule has 0 saturated carbocycles. The van der Waals surface area contributed by atoms with Crippen LogP contribution in [0.2, 0.25) is 0 Å². The van der Waals surface area contributed by atoms with Gasteiger partial charge < -0.3 is 10.1 Å². The second kappa shape index (κ2) is 7.09. The van der Waals surface area contributed by atoms with Gasteiger partial charge in [0.05, 0.1) is 19.2 Å². The SMILES string of the molecule is COc1ccc(N2C(=O)C[C@]2(C(=O)Nc2ccccc2F)c2cccs2)cc1. The summed E-state index contributed by atoms with van der Waals surface area (Å²) in [5, 5.41) is 4.51. The van der Waals surface area contributed by atoms with Crippen LogP contribution in [0.3, 0.4) is 0 Å². The number of hydrogen-bond acceptors (Lipinski definition) is 4. The van der Waals surface area contributed by atoms with Gasteiger partial charge in [0.15, 0.2) is 5.54 Å². The number of carbonyl (C=O) groups excluding carboxylic acids is 2. The average molecular weight is 396 g/mol. The van der Waals surface area contributed by atoms with E-state index in [0.717, 1.165) is 4.88 Å². The number of anilines is 2. The summed E-state index contributed by atoms with van der Waals surface area (Å²) in [7, 11) is 1.56. The molecular formula is C21H17FN2O3S. The summed E-state index contributed by atoms with van der Waals surface area (Å²) < 4.78 is 19.2. The maximum absolute atomic E-state index is 14.1. The van der Waals surface area contributed by atoms with Gasteiger partial charge in [0, 0.05) is 10.6 Å². The molecule has 0 aliphatic carbocycles. The minimum atomic E-state index is -1.22. The molecule has 1 N–H and O–H groups in total. The fourth-order valence-electron chi connectivity index (χ4n) is 3.39. The largest absolute Gasteiger partial charge is 0.497 e. The van der Waals surface area contributed by atoms with Crippen LogP contribution in [0, 0.1) is 5.82 Å². The fraction of sp³-hybridized carbons (Fsp3) is 0.143. The number of para-hydroxylation sites is 1. The van der Waals surface area contributed by atoms with Gasteiger partial charge in [-0.2, -0.15) is 0 Å². The van der Waals surface area contributed by atoms with Gasteiger partial charge in [0.25, 0.3) is 5.91 Å². The van der Waals surface area contributed by atoms with E-state index in [1.807, 2.05) is 17.5 Å². The number of amides is 2. The number of nitrogens with one attached hydrogen (secondary N) is 1. The highest BCUT2D eigenvalue weighted by atomic mass is 32.1. The lowest BCUT2D eigenvalue weighted by atomic mass is 9.80. The third-order valence-electron chi connectivity index (χ3n) is 4.80. The molecule has 0 unspecified atom stereocenters. The molecule has 2 heterocycles. The second-order valence-corrected chi connectivity index (χ2v) is 7.32. The minimum absolute atomic E-state index is 0.0137. The molecule has 1 aliphatic heterocycles. The van der Waals surface area contributed by atoms with Crippen molar-refractivity contribution in [2.45, 2.75) is 12.0 Å². The van der Waals surface area contributed by atoms with Crippen molar-refractivity contribution in [3.8, 4) is 5.75 Å². The second-order valence-electron chi connectivity index (χ2n) is 6.38. The monoisotopic (exact) mass is 396 g/mol. The zero-order valence-electron chi connectivity index (χ0n) is 15.0. The minimum Gasteiger partial charge on any atom is -0.497 e. The molecule has 5 nitrogen and oxygen atoms in total. The molecule has 0 spiro atoms. The number of nitrogens with zero attached hydrogens (tertiary/aromatic N) is 1. The smallest absolute Gasteiger partial charge is 0.256 e. The van der Waals surface area contributed by atoms with Crippen LogP contribution in [0.15, 0.2) is 66.0 Å². The van der Waals surface area contributed by atoms with Gasteiger partial charge in [0.1, 0.15) is 11.6 Å². The van der Waals surface area contributed by atoms with Crippen molar-refractivity contribution in [2.75, 3.05) is 17.3 Å². The van der Waals surface area contributed by atoms with E-state index < -0.39 is 17.3 Å². The third-order valence-corrected chi connectivity index (χ3v) is 5.82. The summed E-state index contributed by atoms with van der Waals surface area (Å²) in [5.74, 6) is -0.509. The first-order chi connectivity index (χ1) is 13.6. The molecule has 0 bridgehead atoms. The van der Waals surface area contributed by atoms with Gasteiger partial charge in [-0.1, -0.05) is 18.2 Å². The van der Waals surface area contributed by atoms with Crippen LogP contribution in [-0.4, -0.2) is 18.9 Å². The van der Waals surface area contributed by atoms with Crippen LogP contribution >= 0.6 is 11.3 Å². The van der Waals surface area contributed by atoms with Gasteiger partial charge in [-0.15, -0.1) is 11.3 Å². The van der Waals surface area contributed by atoms with Crippen molar-refractivity contribution < 1.29 is 18.7 Å². The first-order valence-corrected chi connectivity index (χ1v) is 9.51. The molecule has 1 aliphatic rings. The molecule has 7 heteroatoms. The molecule has 2 aromatic carbocycles. The van der Waals surface area contributed by atoms with Crippen LogP contribution in [-0.2, 0) is 15.1 Å². The number of ether oxygens (including phenoxy) is 1. The average Bonchev–Trinajstić information content (AvgIpc) is 3.23. The number of methoxy groups -OCH3 is 1. The summed E-state index contributed by atoms with van der Waals surface area (Å²) in [6.07, 6.45) is 0.0137. The Labute approximate surface area is 165 Å². The molecule has 142 valence electrons. The van der Waals surface area contributed by atoms with Gasteiger partial charge in [-0.05, 0) is 47.8 Å². The van der Waals surface area contributed by atoms with Crippen LogP contribution in [0.1, 0.15) is 11.3 Å². The van der Waals surface area contributed by atoms with Crippen molar-refractivity contribution in [3.05, 3.63) is 76.7 Å². The highest BCUT2D eigenvalue weighted by Gasteiger charge is 2.59. The topological polar surface area (TPSA) is 58.6 Å². The van der Waals surface area contributed by atoms with Crippen LogP contribution in [0.5, 0.6) is 5.75 Å². The maximum Gasteiger partial charge on any atom is 0.256 e. The van der Waals surface area contributed by atoms with Crippen molar-refractivity contribution >= 4 is 34.5 Å². The number of benzene rings is 2. The number of hydrogen-bond donors (Lipinski definition) is 1. The summed E-state index contributed by atoms with van der Waals surface area (Å²) >= 11 is 1.38. The van der Waals surface area contributed by atoms with Crippen LogP contribution in [0.4, 0.5) is 15.8 Å². The zero-order chi connectivity index (χ0) is 19.7. The number of halogens is 1. The van der Waals surface area contributed by atoms with E-state index in [4.69, 9.17) is 4.74 Å². The van der Waals surface area contributed by atoms with Gasteiger partial charge >= 0.3 is 0 Å². The zero-order valence-corrected chi connectivity index (χ0v) is 15.8. The van der Waals surface area contributed by atoms with E-state index in [0.29, 0.717) is 11.4 Å². The Morgan fingerprint density at radius 3 is 2.50 bits per heavy atom. The summed E-state index contributed by atoms with van der Waals surface area (Å²) in [6, 6.07) is 16.5. The third kappa shape index (κ3) is 2.84. The molecule has 1 fully saturated rings. The summed E-state index contributed by atoms with van der Waals surface area (Å²) in [4.78, 5) is 28.1. The predicted molar refractivity (Wildman–Crippen MR) is 106 cm³/mol. The van der Waals surface area contributed by atoms with E-state index >= 15 is 0 Å². The molecule has 2 amide bonds. The molecule has 1 atom stereocenters. The Balaban J connectivity index is 1.75. The normalized spacial score (nSPS) is 18.5.